The van der Waals surface area contributed by atoms with Crippen molar-refractivity contribution >= 4 is 21.8 Å². The monoisotopic (exact) mass is 481 g/mol. The molecule has 3 aromatic heterocycles. The molecule has 0 bridgehead atoms. The van der Waals surface area contributed by atoms with Crippen molar-refractivity contribution in [1.82, 2.24) is 24.9 Å². The minimum absolute atomic E-state index is 0.257. The van der Waals surface area contributed by atoms with Gasteiger partial charge in [-0.05, 0) is 67.9 Å². The zero-order chi connectivity index (χ0) is 22.1. The smallest absolute Gasteiger partial charge is 0.287 e. The predicted molar refractivity (Wildman–Crippen MR) is 121 cm³/mol. The van der Waals surface area contributed by atoms with Crippen molar-refractivity contribution in [2.45, 2.75) is 40.8 Å². The Morgan fingerprint density at radius 2 is 1.74 bits per heavy atom. The van der Waals surface area contributed by atoms with Crippen LogP contribution in [0, 0.1) is 27.7 Å². The number of aromatic nitrogens is 4. The SMILES string of the molecule is Cc1nn(Cc2ccc(C(=O)NCc3c(C)nn(-c4ccccc4)c3C)o2)c(C)c1Br. The van der Waals surface area contributed by atoms with Crippen LogP contribution in [0.3, 0.4) is 0 Å². The molecule has 0 aliphatic rings. The lowest BCUT2D eigenvalue weighted by atomic mass is 10.2. The molecule has 31 heavy (non-hydrogen) atoms. The lowest BCUT2D eigenvalue weighted by Gasteiger charge is -2.06. The second kappa shape index (κ2) is 8.55. The summed E-state index contributed by atoms with van der Waals surface area (Å²) in [4.78, 5) is 12.6. The molecule has 0 fully saturated rings. The van der Waals surface area contributed by atoms with E-state index in [2.05, 4.69) is 31.4 Å². The van der Waals surface area contributed by atoms with E-state index in [0.29, 0.717) is 18.8 Å². The van der Waals surface area contributed by atoms with Crippen molar-refractivity contribution in [3.8, 4) is 5.69 Å². The molecule has 0 saturated carbocycles. The number of halogens is 1. The number of hydrogen-bond acceptors (Lipinski definition) is 4. The number of benzene rings is 1. The number of amides is 1. The van der Waals surface area contributed by atoms with Gasteiger partial charge in [0.25, 0.3) is 5.91 Å². The van der Waals surface area contributed by atoms with Crippen LogP contribution < -0.4 is 5.32 Å². The number of rotatable bonds is 6. The second-order valence-electron chi connectivity index (χ2n) is 7.49. The highest BCUT2D eigenvalue weighted by atomic mass is 79.9. The van der Waals surface area contributed by atoms with Gasteiger partial charge in [0.1, 0.15) is 5.76 Å². The number of furan rings is 1. The number of carbonyl (C=O) groups excluding carboxylic acids is 1. The van der Waals surface area contributed by atoms with Crippen molar-refractivity contribution in [3.05, 3.63) is 86.8 Å². The van der Waals surface area contributed by atoms with Crippen LogP contribution in [0.25, 0.3) is 5.69 Å². The lowest BCUT2D eigenvalue weighted by molar-refractivity contribution is 0.0921. The molecule has 3 heterocycles. The third-order valence-corrected chi connectivity index (χ3v) is 6.50. The highest BCUT2D eigenvalue weighted by molar-refractivity contribution is 9.10. The fraction of sp³-hybridized carbons (Fsp3) is 0.261. The summed E-state index contributed by atoms with van der Waals surface area (Å²) < 4.78 is 10.5. The van der Waals surface area contributed by atoms with Crippen LogP contribution in [0.1, 0.15) is 44.7 Å². The van der Waals surface area contributed by atoms with Crippen molar-refractivity contribution in [3.63, 3.8) is 0 Å². The second-order valence-corrected chi connectivity index (χ2v) is 8.28. The summed E-state index contributed by atoms with van der Waals surface area (Å²) in [6, 6.07) is 13.4. The Kier molecular flexibility index (Phi) is 5.82. The van der Waals surface area contributed by atoms with Crippen LogP contribution in [-0.4, -0.2) is 25.5 Å². The van der Waals surface area contributed by atoms with Gasteiger partial charge in [0, 0.05) is 17.8 Å². The summed E-state index contributed by atoms with van der Waals surface area (Å²) in [6.45, 7) is 8.73. The Morgan fingerprint density at radius 3 is 2.42 bits per heavy atom. The zero-order valence-corrected chi connectivity index (χ0v) is 19.5. The molecule has 4 rings (SSSR count). The number of para-hydroxylation sites is 1. The summed E-state index contributed by atoms with van der Waals surface area (Å²) >= 11 is 3.53. The molecule has 1 aromatic carbocycles. The van der Waals surface area contributed by atoms with E-state index in [4.69, 9.17) is 4.42 Å². The average Bonchev–Trinajstić information content (AvgIpc) is 3.41. The Balaban J connectivity index is 1.44. The standard InChI is InChI=1S/C23H24BrN5O2/c1-14-20(16(3)29(27-14)18-8-6-5-7-9-18)12-25-23(30)21-11-10-19(31-21)13-28-17(4)22(24)15(2)26-28/h5-11H,12-13H2,1-4H3,(H,25,30). The maximum Gasteiger partial charge on any atom is 0.287 e. The maximum atomic E-state index is 12.6. The molecule has 0 radical (unpaired) electrons. The molecule has 8 heteroatoms. The molecule has 1 N–H and O–H groups in total. The molecule has 160 valence electrons. The first-order chi connectivity index (χ1) is 14.8. The number of hydrogen-bond donors (Lipinski definition) is 1. The third-order valence-electron chi connectivity index (χ3n) is 5.35. The number of carbonyl (C=O) groups is 1. The van der Waals surface area contributed by atoms with Crippen LogP contribution in [0.4, 0.5) is 0 Å². The van der Waals surface area contributed by atoms with E-state index in [1.807, 2.05) is 73.5 Å². The Hall–Kier alpha value is -3.13. The van der Waals surface area contributed by atoms with Crippen molar-refractivity contribution < 1.29 is 9.21 Å². The van der Waals surface area contributed by atoms with Crippen molar-refractivity contribution in [1.29, 1.82) is 0 Å². The van der Waals surface area contributed by atoms with Gasteiger partial charge < -0.3 is 9.73 Å². The maximum absolute atomic E-state index is 12.6. The van der Waals surface area contributed by atoms with Gasteiger partial charge in [0.2, 0.25) is 0 Å². The molecule has 4 aromatic rings. The van der Waals surface area contributed by atoms with Gasteiger partial charge in [-0.1, -0.05) is 18.2 Å². The van der Waals surface area contributed by atoms with E-state index in [-0.39, 0.29) is 11.7 Å². The molecule has 0 saturated heterocycles. The summed E-state index contributed by atoms with van der Waals surface area (Å²) in [5, 5.41) is 12.1. The minimum atomic E-state index is -0.257. The van der Waals surface area contributed by atoms with E-state index in [9.17, 15) is 4.79 Å². The van der Waals surface area contributed by atoms with Crippen molar-refractivity contribution in [2.24, 2.45) is 0 Å². The fourth-order valence-electron chi connectivity index (χ4n) is 3.57. The van der Waals surface area contributed by atoms with Gasteiger partial charge in [0.15, 0.2) is 5.76 Å². The van der Waals surface area contributed by atoms with Gasteiger partial charge in [0.05, 0.1) is 33.8 Å². The normalized spacial score (nSPS) is 11.1. The number of nitrogens with zero attached hydrogens (tertiary/aromatic N) is 4. The van der Waals surface area contributed by atoms with Gasteiger partial charge >= 0.3 is 0 Å². The molecule has 1 amide bonds. The predicted octanol–water partition coefficient (Wildman–Crippen LogP) is 4.64. The molecule has 7 nitrogen and oxygen atoms in total. The highest BCUT2D eigenvalue weighted by Crippen LogP contribution is 2.21. The van der Waals surface area contributed by atoms with Gasteiger partial charge in [-0.3, -0.25) is 9.48 Å². The van der Waals surface area contributed by atoms with E-state index < -0.39 is 0 Å². The Morgan fingerprint density at radius 1 is 1.00 bits per heavy atom. The molecule has 0 aliphatic heterocycles. The summed E-state index contributed by atoms with van der Waals surface area (Å²) in [6.07, 6.45) is 0. The molecular formula is C23H24BrN5O2. The topological polar surface area (TPSA) is 77.9 Å². The number of aryl methyl sites for hydroxylation is 2. The Labute approximate surface area is 189 Å². The largest absolute Gasteiger partial charge is 0.454 e. The summed E-state index contributed by atoms with van der Waals surface area (Å²) in [5.74, 6) is 0.695. The van der Waals surface area contributed by atoms with Crippen LogP contribution >= 0.6 is 15.9 Å². The van der Waals surface area contributed by atoms with Gasteiger partial charge in [-0.2, -0.15) is 10.2 Å². The first-order valence-corrected chi connectivity index (χ1v) is 10.8. The van der Waals surface area contributed by atoms with E-state index >= 15 is 0 Å². The zero-order valence-electron chi connectivity index (χ0n) is 17.9. The third kappa shape index (κ3) is 4.20. The van der Waals surface area contributed by atoms with Crippen molar-refractivity contribution in [2.75, 3.05) is 0 Å². The van der Waals surface area contributed by atoms with E-state index in [1.165, 1.54) is 0 Å². The molecule has 0 aliphatic carbocycles. The van der Waals surface area contributed by atoms with Gasteiger partial charge in [-0.15, -0.1) is 0 Å². The highest BCUT2D eigenvalue weighted by Gasteiger charge is 2.17. The summed E-state index contributed by atoms with van der Waals surface area (Å²) in [5.41, 5.74) is 5.81. The molecule has 0 unspecified atom stereocenters. The average molecular weight is 482 g/mol. The first kappa shape index (κ1) is 21.1. The Bertz CT molecular complexity index is 1240. The molecule has 0 spiro atoms. The van der Waals surface area contributed by atoms with E-state index in [1.54, 1.807) is 6.07 Å². The van der Waals surface area contributed by atoms with Crippen LogP contribution in [0.2, 0.25) is 0 Å². The minimum Gasteiger partial charge on any atom is -0.454 e. The van der Waals surface area contributed by atoms with Crippen LogP contribution in [-0.2, 0) is 13.1 Å². The van der Waals surface area contributed by atoms with Gasteiger partial charge in [-0.25, -0.2) is 4.68 Å². The van der Waals surface area contributed by atoms with Crippen LogP contribution in [0.5, 0.6) is 0 Å². The van der Waals surface area contributed by atoms with Crippen LogP contribution in [0.15, 0.2) is 51.4 Å². The summed E-state index contributed by atoms with van der Waals surface area (Å²) in [7, 11) is 0. The lowest BCUT2D eigenvalue weighted by Crippen LogP contribution is -2.23. The molecular weight excluding hydrogens is 458 g/mol. The number of nitrogens with one attached hydrogen (secondary N) is 1. The van der Waals surface area contributed by atoms with E-state index in [0.717, 1.165) is 38.5 Å². The first-order valence-electron chi connectivity index (χ1n) is 10.0. The fourth-order valence-corrected chi connectivity index (χ4v) is 3.85. The molecule has 0 atom stereocenters. The quantitative estimate of drug-likeness (QED) is 0.435.